The second kappa shape index (κ2) is 5.38. The van der Waals surface area contributed by atoms with Crippen molar-refractivity contribution in [3.05, 3.63) is 76.5 Å². The van der Waals surface area contributed by atoms with Gasteiger partial charge in [-0.15, -0.1) is 5.10 Å². The van der Waals surface area contributed by atoms with Crippen molar-refractivity contribution in [3.8, 4) is 5.69 Å². The molecule has 0 saturated carbocycles. The van der Waals surface area contributed by atoms with Gasteiger partial charge in [0.25, 0.3) is 0 Å². The number of rotatable bonds is 3. The van der Waals surface area contributed by atoms with Crippen LogP contribution in [0.2, 0.25) is 0 Å². The molecule has 3 rings (SSSR count). The lowest BCUT2D eigenvalue weighted by Crippen LogP contribution is -2.10. The van der Waals surface area contributed by atoms with Crippen molar-refractivity contribution in [2.75, 3.05) is 0 Å². The highest BCUT2D eigenvalue weighted by molar-refractivity contribution is 9.10. The molecule has 0 aliphatic heterocycles. The van der Waals surface area contributed by atoms with Crippen LogP contribution in [0.1, 0.15) is 16.1 Å². The molecule has 3 aromatic rings. The van der Waals surface area contributed by atoms with Crippen molar-refractivity contribution in [2.24, 2.45) is 0 Å². The fourth-order valence-corrected chi connectivity index (χ4v) is 2.40. The number of hydrogen-bond donors (Lipinski definition) is 0. The number of hydrogen-bond acceptors (Lipinski definition) is 3. The topological polar surface area (TPSA) is 47.8 Å². The third-order valence-electron chi connectivity index (χ3n) is 2.90. The maximum Gasteiger partial charge on any atom is 0.214 e. The lowest BCUT2D eigenvalue weighted by Gasteiger charge is -2.06. The number of ketones is 1. The van der Waals surface area contributed by atoms with Crippen LogP contribution in [0.4, 0.5) is 0 Å². The summed E-state index contributed by atoms with van der Waals surface area (Å²) in [4.78, 5) is 12.6. The zero-order chi connectivity index (χ0) is 13.9. The number of halogens is 1. The molecular weight excluding hydrogens is 318 g/mol. The SMILES string of the molecule is O=C(c1ccccc1Br)c1cnnn1-c1ccccc1. The summed E-state index contributed by atoms with van der Waals surface area (Å²) < 4.78 is 2.30. The van der Waals surface area contributed by atoms with E-state index in [0.29, 0.717) is 11.3 Å². The average Bonchev–Trinajstić information content (AvgIpc) is 2.97. The molecule has 5 heteroatoms. The monoisotopic (exact) mass is 327 g/mol. The van der Waals surface area contributed by atoms with E-state index in [-0.39, 0.29) is 5.78 Å². The summed E-state index contributed by atoms with van der Waals surface area (Å²) in [5.74, 6) is -0.119. The fourth-order valence-electron chi connectivity index (χ4n) is 1.93. The van der Waals surface area contributed by atoms with E-state index in [9.17, 15) is 4.79 Å². The molecule has 0 unspecified atom stereocenters. The van der Waals surface area contributed by atoms with Crippen molar-refractivity contribution in [1.29, 1.82) is 0 Å². The third-order valence-corrected chi connectivity index (χ3v) is 3.59. The minimum atomic E-state index is -0.119. The molecule has 0 aliphatic rings. The third kappa shape index (κ3) is 2.28. The van der Waals surface area contributed by atoms with Crippen molar-refractivity contribution in [1.82, 2.24) is 15.0 Å². The molecule has 1 aromatic heterocycles. The zero-order valence-electron chi connectivity index (χ0n) is 10.4. The largest absolute Gasteiger partial charge is 0.287 e. The van der Waals surface area contributed by atoms with Crippen LogP contribution in [0.3, 0.4) is 0 Å². The van der Waals surface area contributed by atoms with Gasteiger partial charge in [-0.1, -0.05) is 51.5 Å². The Kier molecular flexibility index (Phi) is 3.43. The van der Waals surface area contributed by atoms with E-state index in [2.05, 4.69) is 26.2 Å². The van der Waals surface area contributed by atoms with E-state index >= 15 is 0 Å². The first-order chi connectivity index (χ1) is 9.77. The molecule has 4 nitrogen and oxygen atoms in total. The standard InChI is InChI=1S/C15H10BrN3O/c16-13-9-5-4-8-12(13)15(20)14-10-17-18-19(14)11-6-2-1-3-7-11/h1-10H. The summed E-state index contributed by atoms with van der Waals surface area (Å²) in [5.41, 5.74) is 1.83. The van der Waals surface area contributed by atoms with E-state index in [0.717, 1.165) is 10.2 Å². The van der Waals surface area contributed by atoms with E-state index in [1.807, 2.05) is 48.5 Å². The molecule has 1 heterocycles. The minimum absolute atomic E-state index is 0.119. The first-order valence-electron chi connectivity index (χ1n) is 6.03. The first kappa shape index (κ1) is 12.7. The predicted octanol–water partition coefficient (Wildman–Crippen LogP) is 3.26. The number of benzene rings is 2. The molecule has 0 radical (unpaired) electrons. The molecule has 98 valence electrons. The highest BCUT2D eigenvalue weighted by Crippen LogP contribution is 2.20. The van der Waals surface area contributed by atoms with Gasteiger partial charge in [-0.05, 0) is 24.3 Å². The van der Waals surface area contributed by atoms with Crippen molar-refractivity contribution in [2.45, 2.75) is 0 Å². The molecule has 0 atom stereocenters. The van der Waals surface area contributed by atoms with Crippen LogP contribution in [0.25, 0.3) is 5.69 Å². The van der Waals surface area contributed by atoms with Crippen LogP contribution in [-0.2, 0) is 0 Å². The molecule has 20 heavy (non-hydrogen) atoms. The molecule has 0 aliphatic carbocycles. The highest BCUT2D eigenvalue weighted by atomic mass is 79.9. The Morgan fingerprint density at radius 1 is 1.00 bits per heavy atom. The smallest absolute Gasteiger partial charge is 0.214 e. The van der Waals surface area contributed by atoms with Gasteiger partial charge in [0, 0.05) is 10.0 Å². The Labute approximate surface area is 124 Å². The second-order valence-corrected chi connectivity index (χ2v) is 5.03. The summed E-state index contributed by atoms with van der Waals surface area (Å²) >= 11 is 3.39. The number of aromatic nitrogens is 3. The highest BCUT2D eigenvalue weighted by Gasteiger charge is 2.18. The Hall–Kier alpha value is -2.27. The normalized spacial score (nSPS) is 10.4. The molecule has 0 N–H and O–H groups in total. The van der Waals surface area contributed by atoms with Crippen LogP contribution < -0.4 is 0 Å². The molecular formula is C15H10BrN3O. The summed E-state index contributed by atoms with van der Waals surface area (Å²) in [7, 11) is 0. The molecule has 0 bridgehead atoms. The quantitative estimate of drug-likeness (QED) is 0.694. The van der Waals surface area contributed by atoms with Gasteiger partial charge in [-0.2, -0.15) is 0 Å². The first-order valence-corrected chi connectivity index (χ1v) is 6.82. The molecule has 0 spiro atoms. The van der Waals surface area contributed by atoms with Gasteiger partial charge in [0.1, 0.15) is 5.69 Å². The predicted molar refractivity (Wildman–Crippen MR) is 78.9 cm³/mol. The Balaban J connectivity index is 2.07. The van der Waals surface area contributed by atoms with Crippen LogP contribution in [-0.4, -0.2) is 20.8 Å². The Morgan fingerprint density at radius 2 is 1.70 bits per heavy atom. The summed E-state index contributed by atoms with van der Waals surface area (Å²) in [5, 5.41) is 7.84. The van der Waals surface area contributed by atoms with Crippen LogP contribution in [0, 0.1) is 0 Å². The van der Waals surface area contributed by atoms with Gasteiger partial charge < -0.3 is 0 Å². The number of nitrogens with zero attached hydrogens (tertiary/aromatic N) is 3. The van der Waals surface area contributed by atoms with Gasteiger partial charge in [-0.3, -0.25) is 4.79 Å². The van der Waals surface area contributed by atoms with Crippen molar-refractivity contribution in [3.63, 3.8) is 0 Å². The Bertz CT molecular complexity index is 753. The average molecular weight is 328 g/mol. The van der Waals surface area contributed by atoms with Crippen LogP contribution in [0.5, 0.6) is 0 Å². The zero-order valence-corrected chi connectivity index (χ0v) is 12.0. The molecule has 2 aromatic carbocycles. The van der Waals surface area contributed by atoms with Gasteiger partial charge in [0.2, 0.25) is 5.78 Å². The second-order valence-electron chi connectivity index (χ2n) is 4.18. The Morgan fingerprint density at radius 3 is 2.45 bits per heavy atom. The molecule has 0 fully saturated rings. The van der Waals surface area contributed by atoms with Gasteiger partial charge >= 0.3 is 0 Å². The summed E-state index contributed by atoms with van der Waals surface area (Å²) in [6.45, 7) is 0. The summed E-state index contributed by atoms with van der Waals surface area (Å²) in [6, 6.07) is 16.8. The number of para-hydroxylation sites is 1. The van der Waals surface area contributed by atoms with Gasteiger partial charge in [0.15, 0.2) is 0 Å². The fraction of sp³-hybridized carbons (Fsp3) is 0. The van der Waals surface area contributed by atoms with Crippen LogP contribution in [0.15, 0.2) is 65.3 Å². The lowest BCUT2D eigenvalue weighted by molar-refractivity contribution is 0.103. The van der Waals surface area contributed by atoms with Crippen molar-refractivity contribution >= 4 is 21.7 Å². The molecule has 0 amide bonds. The van der Waals surface area contributed by atoms with Crippen molar-refractivity contribution < 1.29 is 4.79 Å². The van der Waals surface area contributed by atoms with E-state index < -0.39 is 0 Å². The van der Waals surface area contributed by atoms with Gasteiger partial charge in [-0.25, -0.2) is 4.68 Å². The summed E-state index contributed by atoms with van der Waals surface area (Å²) in [6.07, 6.45) is 1.48. The maximum absolute atomic E-state index is 12.6. The molecule has 0 saturated heterocycles. The van der Waals surface area contributed by atoms with E-state index in [1.54, 1.807) is 10.7 Å². The number of carbonyl (C=O) groups is 1. The van der Waals surface area contributed by atoms with Gasteiger partial charge in [0.05, 0.1) is 11.9 Å². The van der Waals surface area contributed by atoms with E-state index in [1.165, 1.54) is 6.20 Å². The minimum Gasteiger partial charge on any atom is -0.287 e. The lowest BCUT2D eigenvalue weighted by atomic mass is 10.1. The maximum atomic E-state index is 12.6. The van der Waals surface area contributed by atoms with E-state index in [4.69, 9.17) is 0 Å². The van der Waals surface area contributed by atoms with Crippen LogP contribution >= 0.6 is 15.9 Å². The number of carbonyl (C=O) groups excluding carboxylic acids is 1.